The Morgan fingerprint density at radius 3 is 1.29 bits per heavy atom. The third kappa shape index (κ3) is 4.49. The minimum Gasteiger partial charge on any atom is -0.0843 e. The first-order chi connectivity index (χ1) is 17.2. The number of fused-ring (bicyclic) bond motifs is 1. The lowest BCUT2D eigenvalue weighted by Crippen LogP contribution is -1.87. The number of rotatable bonds is 4. The molecule has 0 saturated heterocycles. The fourth-order valence-electron chi connectivity index (χ4n) is 4.68. The van der Waals surface area contributed by atoms with Crippen LogP contribution in [0.3, 0.4) is 0 Å². The van der Waals surface area contributed by atoms with E-state index in [1.54, 1.807) is 0 Å². The van der Waals surface area contributed by atoms with Crippen LogP contribution in [0.2, 0.25) is 5.02 Å². The molecule has 0 atom stereocenters. The molecule has 0 aliphatic rings. The largest absolute Gasteiger partial charge is 0.0843 e. The van der Waals surface area contributed by atoms with E-state index >= 15 is 0 Å². The van der Waals surface area contributed by atoms with Crippen molar-refractivity contribution >= 4 is 22.4 Å². The van der Waals surface area contributed by atoms with Gasteiger partial charge in [-0.25, -0.2) is 0 Å². The van der Waals surface area contributed by atoms with Gasteiger partial charge >= 0.3 is 0 Å². The summed E-state index contributed by atoms with van der Waals surface area (Å²) in [5.74, 6) is 0. The fraction of sp³-hybridized carbons (Fsp3) is 0. The first kappa shape index (κ1) is 21.4. The van der Waals surface area contributed by atoms with Gasteiger partial charge in [0, 0.05) is 5.02 Å². The van der Waals surface area contributed by atoms with E-state index in [1.807, 2.05) is 6.07 Å². The summed E-state index contributed by atoms with van der Waals surface area (Å²) < 4.78 is 0. The maximum atomic E-state index is 6.68. The van der Waals surface area contributed by atoms with Crippen LogP contribution in [-0.2, 0) is 0 Å². The molecule has 0 amide bonds. The summed E-state index contributed by atoms with van der Waals surface area (Å²) in [6.45, 7) is 0. The van der Waals surface area contributed by atoms with Crippen molar-refractivity contribution in [3.8, 4) is 44.5 Å². The molecule has 1 heteroatoms. The summed E-state index contributed by atoms with van der Waals surface area (Å²) in [7, 11) is 0. The normalized spacial score (nSPS) is 11.0. The van der Waals surface area contributed by atoms with Gasteiger partial charge in [-0.2, -0.15) is 0 Å². The predicted octanol–water partition coefficient (Wildman–Crippen LogP) is 10.2. The topological polar surface area (TPSA) is 0 Å². The third-order valence-corrected chi connectivity index (χ3v) is 6.68. The smallest absolute Gasteiger partial charge is 0.0418 e. The van der Waals surface area contributed by atoms with Crippen LogP contribution in [-0.4, -0.2) is 0 Å². The molecule has 166 valence electrons. The van der Waals surface area contributed by atoms with Crippen LogP contribution in [0.5, 0.6) is 0 Å². The van der Waals surface area contributed by atoms with E-state index in [0.29, 0.717) is 0 Å². The number of halogens is 1. The van der Waals surface area contributed by atoms with E-state index < -0.39 is 0 Å². The van der Waals surface area contributed by atoms with Crippen molar-refractivity contribution in [1.82, 2.24) is 0 Å². The SMILES string of the molecule is Clc1cc(-c2cc(-c3ccccc3)cc(-c3ccccc3)c2)cc(-c2ccc3ccccc3c2)c1. The van der Waals surface area contributed by atoms with Gasteiger partial charge < -0.3 is 0 Å². The first-order valence-electron chi connectivity index (χ1n) is 11.8. The Kier molecular flexibility index (Phi) is 5.66. The summed E-state index contributed by atoms with van der Waals surface area (Å²) in [5.41, 5.74) is 9.31. The maximum Gasteiger partial charge on any atom is 0.0418 e. The molecule has 0 N–H and O–H groups in total. The lowest BCUT2D eigenvalue weighted by molar-refractivity contribution is 1.56. The van der Waals surface area contributed by atoms with E-state index in [-0.39, 0.29) is 0 Å². The van der Waals surface area contributed by atoms with Gasteiger partial charge in [0.25, 0.3) is 0 Å². The molecule has 0 saturated carbocycles. The van der Waals surface area contributed by atoms with E-state index in [1.165, 1.54) is 33.0 Å². The van der Waals surface area contributed by atoms with Gasteiger partial charge in [-0.3, -0.25) is 0 Å². The van der Waals surface area contributed by atoms with Gasteiger partial charge in [0.15, 0.2) is 0 Å². The van der Waals surface area contributed by atoms with Gasteiger partial charge in [-0.1, -0.05) is 109 Å². The highest BCUT2D eigenvalue weighted by Gasteiger charge is 2.10. The van der Waals surface area contributed by atoms with Crippen LogP contribution < -0.4 is 0 Å². The van der Waals surface area contributed by atoms with E-state index in [4.69, 9.17) is 11.6 Å². The van der Waals surface area contributed by atoms with Gasteiger partial charge in [-0.05, 0) is 97.7 Å². The van der Waals surface area contributed by atoms with Crippen LogP contribution in [0.1, 0.15) is 0 Å². The summed E-state index contributed by atoms with van der Waals surface area (Å²) >= 11 is 6.68. The van der Waals surface area contributed by atoms with Crippen molar-refractivity contribution < 1.29 is 0 Å². The van der Waals surface area contributed by atoms with E-state index in [0.717, 1.165) is 27.3 Å². The maximum absolute atomic E-state index is 6.68. The van der Waals surface area contributed by atoms with Crippen molar-refractivity contribution in [1.29, 1.82) is 0 Å². The third-order valence-electron chi connectivity index (χ3n) is 6.46. The lowest BCUT2D eigenvalue weighted by atomic mass is 9.92. The monoisotopic (exact) mass is 466 g/mol. The summed E-state index contributed by atoms with van der Waals surface area (Å²) in [5, 5.41) is 3.20. The van der Waals surface area contributed by atoms with Crippen LogP contribution in [0.4, 0.5) is 0 Å². The molecule has 0 fully saturated rings. The zero-order valence-corrected chi connectivity index (χ0v) is 19.9. The Labute approximate surface area is 211 Å². The second kappa shape index (κ2) is 9.25. The highest BCUT2D eigenvalue weighted by molar-refractivity contribution is 6.31. The molecular weight excluding hydrogens is 444 g/mol. The Morgan fingerprint density at radius 1 is 0.286 bits per heavy atom. The molecule has 6 aromatic carbocycles. The molecule has 0 spiro atoms. The average Bonchev–Trinajstić information content (AvgIpc) is 2.93. The van der Waals surface area contributed by atoms with Gasteiger partial charge in [0.05, 0.1) is 0 Å². The minimum atomic E-state index is 0.733. The molecule has 0 aliphatic carbocycles. The molecule has 6 rings (SSSR count). The zero-order chi connectivity index (χ0) is 23.6. The summed E-state index contributed by atoms with van der Waals surface area (Å²) in [6.07, 6.45) is 0. The molecule has 0 radical (unpaired) electrons. The summed E-state index contributed by atoms with van der Waals surface area (Å²) in [4.78, 5) is 0. The van der Waals surface area contributed by atoms with Crippen LogP contribution >= 0.6 is 11.6 Å². The quantitative estimate of drug-likeness (QED) is 0.242. The van der Waals surface area contributed by atoms with Gasteiger partial charge in [0.1, 0.15) is 0 Å². The van der Waals surface area contributed by atoms with E-state index in [2.05, 4.69) is 133 Å². The second-order valence-electron chi connectivity index (χ2n) is 8.82. The Hall–Kier alpha value is -4.13. The highest BCUT2D eigenvalue weighted by Crippen LogP contribution is 2.36. The first-order valence-corrected chi connectivity index (χ1v) is 12.2. The number of hydrogen-bond donors (Lipinski definition) is 0. The van der Waals surface area contributed by atoms with Crippen LogP contribution in [0, 0.1) is 0 Å². The fourth-order valence-corrected chi connectivity index (χ4v) is 4.92. The Balaban J connectivity index is 1.51. The van der Waals surface area contributed by atoms with Gasteiger partial charge in [0.2, 0.25) is 0 Å². The highest BCUT2D eigenvalue weighted by atomic mass is 35.5. The average molecular weight is 467 g/mol. The minimum absolute atomic E-state index is 0.733. The van der Waals surface area contributed by atoms with Gasteiger partial charge in [-0.15, -0.1) is 0 Å². The molecular formula is C34H23Cl. The molecule has 0 nitrogen and oxygen atoms in total. The molecule has 35 heavy (non-hydrogen) atoms. The van der Waals surface area contributed by atoms with Crippen molar-refractivity contribution in [2.45, 2.75) is 0 Å². The van der Waals surface area contributed by atoms with Crippen LogP contribution in [0.15, 0.2) is 140 Å². The predicted molar refractivity (Wildman–Crippen MR) is 151 cm³/mol. The van der Waals surface area contributed by atoms with Crippen molar-refractivity contribution in [2.75, 3.05) is 0 Å². The van der Waals surface area contributed by atoms with Crippen molar-refractivity contribution in [3.63, 3.8) is 0 Å². The van der Waals surface area contributed by atoms with Crippen LogP contribution in [0.25, 0.3) is 55.3 Å². The van der Waals surface area contributed by atoms with E-state index in [9.17, 15) is 0 Å². The molecule has 6 aromatic rings. The Morgan fingerprint density at radius 2 is 0.714 bits per heavy atom. The Bertz CT molecular complexity index is 1580. The molecule has 0 unspecified atom stereocenters. The molecule has 0 heterocycles. The lowest BCUT2D eigenvalue weighted by Gasteiger charge is -2.13. The number of benzene rings is 6. The summed E-state index contributed by atoms with van der Waals surface area (Å²) in [6, 6.07) is 49.3. The second-order valence-corrected chi connectivity index (χ2v) is 9.26. The standard InChI is InChI=1S/C34H23Cl/c35-34-22-32(28-16-15-26-13-7-8-14-27(26)17-28)21-33(23-34)31-19-29(24-9-3-1-4-10-24)18-30(20-31)25-11-5-2-6-12-25/h1-23H. The molecule has 0 aromatic heterocycles. The molecule has 0 bridgehead atoms. The van der Waals surface area contributed by atoms with Crippen molar-refractivity contribution in [2.24, 2.45) is 0 Å². The van der Waals surface area contributed by atoms with Crippen molar-refractivity contribution in [3.05, 3.63) is 145 Å². The number of hydrogen-bond acceptors (Lipinski definition) is 0. The zero-order valence-electron chi connectivity index (χ0n) is 19.2. The molecule has 0 aliphatic heterocycles.